The predicted molar refractivity (Wildman–Crippen MR) is 69.3 cm³/mol. The van der Waals surface area contributed by atoms with Gasteiger partial charge in [-0.25, -0.2) is 0 Å². The molecule has 1 fully saturated rings. The van der Waals surface area contributed by atoms with Crippen molar-refractivity contribution >= 4 is 11.9 Å². The molecule has 104 valence electrons. The summed E-state index contributed by atoms with van der Waals surface area (Å²) in [6, 6.07) is 0. The smallest absolute Gasteiger partial charge is 0.308 e. The standard InChI is InChI=1S/C13H24N2O3/c1-10(13(17)18)8-15(3)12(16)7-11-5-4-6-14(2)9-11/h10-11H,4-9H2,1-3H3,(H,17,18). The number of amides is 1. The van der Waals surface area contributed by atoms with Gasteiger partial charge in [-0.05, 0) is 32.4 Å². The minimum Gasteiger partial charge on any atom is -0.481 e. The van der Waals surface area contributed by atoms with Crippen LogP contribution in [0.4, 0.5) is 0 Å². The Morgan fingerprint density at radius 3 is 2.72 bits per heavy atom. The Balaban J connectivity index is 2.37. The second kappa shape index (κ2) is 6.73. The lowest BCUT2D eigenvalue weighted by Gasteiger charge is -2.30. The maximum absolute atomic E-state index is 12.0. The summed E-state index contributed by atoms with van der Waals surface area (Å²) in [7, 11) is 3.77. The van der Waals surface area contributed by atoms with Crippen LogP contribution >= 0.6 is 0 Å². The monoisotopic (exact) mass is 256 g/mol. The van der Waals surface area contributed by atoms with Gasteiger partial charge in [0.2, 0.25) is 5.91 Å². The topological polar surface area (TPSA) is 60.9 Å². The molecule has 1 saturated heterocycles. The zero-order valence-electron chi connectivity index (χ0n) is 11.6. The van der Waals surface area contributed by atoms with Crippen LogP contribution in [0.1, 0.15) is 26.2 Å². The highest BCUT2D eigenvalue weighted by Gasteiger charge is 2.23. The van der Waals surface area contributed by atoms with Crippen LogP contribution in [0.15, 0.2) is 0 Å². The van der Waals surface area contributed by atoms with E-state index in [0.717, 1.165) is 25.9 Å². The molecule has 1 amide bonds. The van der Waals surface area contributed by atoms with Crippen LogP contribution in [0.2, 0.25) is 0 Å². The van der Waals surface area contributed by atoms with E-state index in [1.54, 1.807) is 18.9 Å². The lowest BCUT2D eigenvalue weighted by atomic mass is 9.94. The molecule has 0 aromatic carbocycles. The second-order valence-corrected chi connectivity index (χ2v) is 5.49. The van der Waals surface area contributed by atoms with Crippen molar-refractivity contribution in [3.8, 4) is 0 Å². The molecule has 1 aliphatic heterocycles. The average molecular weight is 256 g/mol. The Labute approximate surface area is 109 Å². The number of hydrogen-bond donors (Lipinski definition) is 1. The first kappa shape index (κ1) is 15.0. The van der Waals surface area contributed by atoms with Gasteiger partial charge in [-0.15, -0.1) is 0 Å². The minimum absolute atomic E-state index is 0.0587. The third-order valence-electron chi connectivity index (χ3n) is 3.58. The summed E-state index contributed by atoms with van der Waals surface area (Å²) in [4.78, 5) is 26.5. The molecular weight excluding hydrogens is 232 g/mol. The van der Waals surface area contributed by atoms with Crippen LogP contribution in [-0.2, 0) is 9.59 Å². The number of hydrogen-bond acceptors (Lipinski definition) is 3. The fourth-order valence-electron chi connectivity index (χ4n) is 2.43. The van der Waals surface area contributed by atoms with Crippen LogP contribution in [0.5, 0.6) is 0 Å². The molecule has 18 heavy (non-hydrogen) atoms. The number of rotatable bonds is 5. The van der Waals surface area contributed by atoms with Crippen LogP contribution in [0.3, 0.4) is 0 Å². The zero-order chi connectivity index (χ0) is 13.7. The van der Waals surface area contributed by atoms with Crippen molar-refractivity contribution in [1.29, 1.82) is 0 Å². The van der Waals surface area contributed by atoms with Crippen molar-refractivity contribution in [3.63, 3.8) is 0 Å². The van der Waals surface area contributed by atoms with Gasteiger partial charge in [0.05, 0.1) is 5.92 Å². The van der Waals surface area contributed by atoms with E-state index in [1.807, 2.05) is 0 Å². The number of likely N-dealkylation sites (tertiary alicyclic amines) is 1. The van der Waals surface area contributed by atoms with E-state index < -0.39 is 11.9 Å². The number of carbonyl (C=O) groups is 2. The number of carboxylic acid groups (broad SMARTS) is 1. The van der Waals surface area contributed by atoms with Gasteiger partial charge in [-0.1, -0.05) is 6.92 Å². The Morgan fingerprint density at radius 1 is 1.50 bits per heavy atom. The maximum atomic E-state index is 12.0. The van der Waals surface area contributed by atoms with E-state index >= 15 is 0 Å². The summed E-state index contributed by atoms with van der Waals surface area (Å²) in [5.74, 6) is -0.887. The van der Waals surface area contributed by atoms with E-state index in [1.165, 1.54) is 0 Å². The Morgan fingerprint density at radius 2 is 2.17 bits per heavy atom. The minimum atomic E-state index is -0.855. The van der Waals surface area contributed by atoms with Gasteiger partial charge in [-0.2, -0.15) is 0 Å². The molecule has 0 bridgehead atoms. The number of piperidine rings is 1. The van der Waals surface area contributed by atoms with Crippen molar-refractivity contribution in [2.45, 2.75) is 26.2 Å². The molecule has 0 radical (unpaired) electrons. The first-order chi connectivity index (χ1) is 8.40. The molecule has 1 rings (SSSR count). The number of carbonyl (C=O) groups excluding carboxylic acids is 1. The molecule has 1 aliphatic rings. The van der Waals surface area contributed by atoms with E-state index in [9.17, 15) is 9.59 Å². The molecule has 5 nitrogen and oxygen atoms in total. The van der Waals surface area contributed by atoms with Crippen molar-refractivity contribution in [2.75, 3.05) is 33.7 Å². The van der Waals surface area contributed by atoms with Gasteiger partial charge in [0.25, 0.3) is 0 Å². The molecular formula is C13H24N2O3. The van der Waals surface area contributed by atoms with Crippen LogP contribution in [0, 0.1) is 11.8 Å². The molecule has 0 aromatic rings. The van der Waals surface area contributed by atoms with E-state index in [4.69, 9.17) is 5.11 Å². The largest absolute Gasteiger partial charge is 0.481 e. The molecule has 5 heteroatoms. The lowest BCUT2D eigenvalue weighted by molar-refractivity contribution is -0.142. The second-order valence-electron chi connectivity index (χ2n) is 5.49. The average Bonchev–Trinajstić information content (AvgIpc) is 2.28. The highest BCUT2D eigenvalue weighted by molar-refractivity contribution is 5.77. The van der Waals surface area contributed by atoms with Crippen LogP contribution in [0.25, 0.3) is 0 Å². The van der Waals surface area contributed by atoms with Gasteiger partial charge in [0.1, 0.15) is 0 Å². The van der Waals surface area contributed by atoms with Crippen molar-refractivity contribution in [1.82, 2.24) is 9.80 Å². The predicted octanol–water partition coefficient (Wildman–Crippen LogP) is 0.897. The van der Waals surface area contributed by atoms with E-state index in [-0.39, 0.29) is 12.5 Å². The van der Waals surface area contributed by atoms with E-state index in [0.29, 0.717) is 12.3 Å². The lowest BCUT2D eigenvalue weighted by Crippen LogP contribution is -2.38. The summed E-state index contributed by atoms with van der Waals surface area (Å²) in [6.45, 7) is 3.99. The highest BCUT2D eigenvalue weighted by Crippen LogP contribution is 2.19. The summed E-state index contributed by atoms with van der Waals surface area (Å²) in [5.41, 5.74) is 0. The Bertz CT molecular complexity index is 307. The summed E-state index contributed by atoms with van der Waals surface area (Å²) in [6.07, 6.45) is 2.77. The van der Waals surface area contributed by atoms with Crippen LogP contribution in [-0.4, -0.2) is 60.5 Å². The molecule has 2 unspecified atom stereocenters. The first-order valence-corrected chi connectivity index (χ1v) is 6.55. The third kappa shape index (κ3) is 4.64. The SMILES string of the molecule is CC(CN(C)C(=O)CC1CCCN(C)C1)C(=O)O. The number of nitrogens with zero attached hydrogens (tertiary/aromatic N) is 2. The van der Waals surface area contributed by atoms with Gasteiger partial charge < -0.3 is 14.9 Å². The van der Waals surface area contributed by atoms with Crippen molar-refractivity contribution < 1.29 is 14.7 Å². The molecule has 0 aliphatic carbocycles. The molecule has 0 spiro atoms. The summed E-state index contributed by atoms with van der Waals surface area (Å²) < 4.78 is 0. The highest BCUT2D eigenvalue weighted by atomic mass is 16.4. The first-order valence-electron chi connectivity index (χ1n) is 6.55. The van der Waals surface area contributed by atoms with E-state index in [2.05, 4.69) is 11.9 Å². The fourth-order valence-corrected chi connectivity index (χ4v) is 2.43. The summed E-state index contributed by atoms with van der Waals surface area (Å²) in [5, 5.41) is 8.82. The number of carboxylic acids is 1. The molecule has 0 aromatic heterocycles. The van der Waals surface area contributed by atoms with Crippen LogP contribution < -0.4 is 0 Å². The quantitative estimate of drug-likeness (QED) is 0.794. The van der Waals surface area contributed by atoms with Gasteiger partial charge in [0.15, 0.2) is 0 Å². The number of aliphatic carboxylic acids is 1. The zero-order valence-corrected chi connectivity index (χ0v) is 11.6. The van der Waals surface area contributed by atoms with Gasteiger partial charge in [-0.3, -0.25) is 9.59 Å². The molecule has 2 atom stereocenters. The maximum Gasteiger partial charge on any atom is 0.308 e. The van der Waals surface area contributed by atoms with Crippen molar-refractivity contribution in [2.24, 2.45) is 11.8 Å². The Kier molecular flexibility index (Phi) is 5.59. The third-order valence-corrected chi connectivity index (χ3v) is 3.58. The van der Waals surface area contributed by atoms with Crippen molar-refractivity contribution in [3.05, 3.63) is 0 Å². The van der Waals surface area contributed by atoms with Gasteiger partial charge >= 0.3 is 5.97 Å². The summed E-state index contributed by atoms with van der Waals surface area (Å²) >= 11 is 0. The fraction of sp³-hybridized carbons (Fsp3) is 0.846. The Hall–Kier alpha value is -1.10. The molecule has 0 saturated carbocycles. The molecule has 1 heterocycles. The molecule has 1 N–H and O–H groups in total. The van der Waals surface area contributed by atoms with Gasteiger partial charge in [0, 0.05) is 26.6 Å². The normalized spacial score (nSPS) is 22.5.